The number of fused-ring (bicyclic) bond motifs is 1. The van der Waals surface area contributed by atoms with Gasteiger partial charge in [-0.3, -0.25) is 9.78 Å². The van der Waals surface area contributed by atoms with Crippen LogP contribution >= 0.6 is 20.0 Å². The zero-order chi connectivity index (χ0) is 26.7. The molecule has 13 heteroatoms. The first-order valence-electron chi connectivity index (χ1n) is 11.8. The maximum Gasteiger partial charge on any atom is 0.280 e. The maximum absolute atomic E-state index is 12.0. The third kappa shape index (κ3) is 8.31. The second-order valence-corrected chi connectivity index (χ2v) is 10.1. The van der Waals surface area contributed by atoms with Crippen molar-refractivity contribution in [2.24, 2.45) is 0 Å². The molecule has 0 aliphatic heterocycles. The summed E-state index contributed by atoms with van der Waals surface area (Å²) in [5.41, 5.74) is 7.74. The molecule has 0 aliphatic carbocycles. The van der Waals surface area contributed by atoms with Crippen LogP contribution in [0.1, 0.15) is 11.1 Å². The maximum atomic E-state index is 12.0. The molecule has 2 unspecified atom stereocenters. The number of ether oxygens (including phenoxy) is 2. The Morgan fingerprint density at radius 3 is 2.71 bits per heavy atom. The van der Waals surface area contributed by atoms with E-state index in [1.807, 2.05) is 48.5 Å². The number of nitrogens with zero attached hydrogens (tertiary/aromatic N) is 3. The Labute approximate surface area is 225 Å². The molecule has 4 rings (SSSR count). The molecule has 0 bridgehead atoms. The van der Waals surface area contributed by atoms with Crippen molar-refractivity contribution in [1.29, 1.82) is 0 Å². The molecule has 0 amide bonds. The van der Waals surface area contributed by atoms with Crippen molar-refractivity contribution in [3.63, 3.8) is 0 Å². The number of hydrogen-bond donors (Lipinski definition) is 3. The van der Waals surface area contributed by atoms with Gasteiger partial charge in [-0.2, -0.15) is 4.98 Å². The van der Waals surface area contributed by atoms with Crippen molar-refractivity contribution in [3.8, 4) is 0 Å². The molecular formula is C25H29ClN5O6P. The first-order chi connectivity index (χ1) is 18.5. The number of benzene rings is 2. The molecule has 0 saturated heterocycles. The van der Waals surface area contributed by atoms with Crippen LogP contribution in [0, 0.1) is 0 Å². The Kier molecular flexibility index (Phi) is 10.6. The lowest BCUT2D eigenvalue weighted by atomic mass is 10.2. The third-order valence-corrected chi connectivity index (χ3v) is 6.85. The zero-order valence-corrected chi connectivity index (χ0v) is 22.2. The molecule has 4 N–H and O–H groups in total. The second-order valence-electron chi connectivity index (χ2n) is 8.23. The molecule has 11 nitrogen and oxygen atoms in total. The number of nitrogen functional groups attached to an aromatic ring is 1. The van der Waals surface area contributed by atoms with Crippen LogP contribution in [-0.4, -0.2) is 56.9 Å². The molecule has 0 saturated carbocycles. The van der Waals surface area contributed by atoms with Crippen molar-refractivity contribution in [2.75, 3.05) is 31.9 Å². The van der Waals surface area contributed by atoms with E-state index in [2.05, 4.69) is 15.0 Å². The van der Waals surface area contributed by atoms with E-state index in [1.54, 1.807) is 10.6 Å². The predicted molar refractivity (Wildman–Crippen MR) is 145 cm³/mol. The number of imidazole rings is 1. The minimum Gasteiger partial charge on any atom is -0.394 e. The number of H-pyrrole nitrogens is 1. The molecule has 38 heavy (non-hydrogen) atoms. The number of aromatic nitrogens is 4. The summed E-state index contributed by atoms with van der Waals surface area (Å²) < 4.78 is 25.3. The highest BCUT2D eigenvalue weighted by Gasteiger charge is 2.17. The van der Waals surface area contributed by atoms with Crippen LogP contribution in [0.15, 0.2) is 65.7 Å². The molecule has 4 aromatic rings. The summed E-state index contributed by atoms with van der Waals surface area (Å²) in [6.07, 6.45) is 1.16. The Hall–Kier alpha value is -2.89. The highest BCUT2D eigenvalue weighted by atomic mass is 35.5. The normalized spacial score (nSPS) is 13.1. The monoisotopic (exact) mass is 561 g/mol. The van der Waals surface area contributed by atoms with E-state index in [4.69, 9.17) is 35.9 Å². The second kappa shape index (κ2) is 14.3. The Morgan fingerprint density at radius 1 is 1.11 bits per heavy atom. The van der Waals surface area contributed by atoms with Crippen molar-refractivity contribution in [3.05, 3.63) is 87.4 Å². The fourth-order valence-corrected chi connectivity index (χ4v) is 4.77. The van der Waals surface area contributed by atoms with Gasteiger partial charge in [-0.25, -0.2) is 4.98 Å². The molecule has 2 aromatic carbocycles. The van der Waals surface area contributed by atoms with Crippen LogP contribution in [0.2, 0.25) is 5.02 Å². The lowest BCUT2D eigenvalue weighted by Gasteiger charge is -2.21. The first-order valence-corrected chi connectivity index (χ1v) is 13.6. The van der Waals surface area contributed by atoms with E-state index in [0.717, 1.165) is 11.1 Å². The van der Waals surface area contributed by atoms with Crippen LogP contribution in [0.5, 0.6) is 0 Å². The average molecular weight is 562 g/mol. The van der Waals surface area contributed by atoms with Crippen LogP contribution in [-0.2, 0) is 38.3 Å². The number of rotatable bonds is 15. The van der Waals surface area contributed by atoms with Gasteiger partial charge < -0.3 is 33.9 Å². The third-order valence-electron chi connectivity index (χ3n) is 5.37. The van der Waals surface area contributed by atoms with Gasteiger partial charge in [0.1, 0.15) is 12.5 Å². The molecule has 0 radical (unpaired) electrons. The van der Waals surface area contributed by atoms with Gasteiger partial charge in [0, 0.05) is 11.6 Å². The number of hydrogen-bond acceptors (Lipinski definition) is 9. The number of anilines is 1. The number of nitrogens with two attached hydrogens (primary N) is 1. The molecule has 2 atom stereocenters. The van der Waals surface area contributed by atoms with E-state index < -0.39 is 20.0 Å². The van der Waals surface area contributed by atoms with Gasteiger partial charge in [-0.15, -0.1) is 0 Å². The molecule has 2 aromatic heterocycles. The largest absolute Gasteiger partial charge is 0.394 e. The number of aliphatic hydroxyl groups excluding tert-OH is 1. The van der Waals surface area contributed by atoms with E-state index >= 15 is 0 Å². The number of nitrogens with one attached hydrogen (secondary N) is 1. The predicted octanol–water partition coefficient (Wildman–Crippen LogP) is 3.45. The lowest BCUT2D eigenvalue weighted by Crippen LogP contribution is -2.23. The van der Waals surface area contributed by atoms with Crippen molar-refractivity contribution in [1.82, 2.24) is 19.5 Å². The Balaban J connectivity index is 1.31. The Bertz CT molecular complexity index is 1360. The van der Waals surface area contributed by atoms with E-state index in [0.29, 0.717) is 23.8 Å². The fourth-order valence-electron chi connectivity index (χ4n) is 3.43. The quantitative estimate of drug-likeness (QED) is 0.147. The van der Waals surface area contributed by atoms with E-state index in [1.165, 1.54) is 6.33 Å². The van der Waals surface area contributed by atoms with Gasteiger partial charge in [-0.05, 0) is 23.3 Å². The van der Waals surface area contributed by atoms with Crippen LogP contribution < -0.4 is 11.3 Å². The summed E-state index contributed by atoms with van der Waals surface area (Å²) >= 11 is 6.09. The van der Waals surface area contributed by atoms with Gasteiger partial charge in [0.2, 0.25) is 5.95 Å². The highest BCUT2D eigenvalue weighted by molar-refractivity contribution is 7.47. The fraction of sp³-hybridized carbons (Fsp3) is 0.320. The number of aromatic amines is 1. The summed E-state index contributed by atoms with van der Waals surface area (Å²) in [5.74, 6) is 0.0180. The standard InChI is InChI=1S/C25H29ClN5O6P/c26-20-8-4-7-19(11-20)14-36-38(37-15-21(12-32)35-13-18-5-2-1-3-6-18)17-34-10-9-31-16-28-22-23(31)29-25(27)30-24(22)33/h1-8,11,16,21,32H,9-10,12-15,17H2,(H3,27,29,30,33). The highest BCUT2D eigenvalue weighted by Crippen LogP contribution is 2.39. The summed E-state index contributed by atoms with van der Waals surface area (Å²) in [6, 6.07) is 17.1. The lowest BCUT2D eigenvalue weighted by molar-refractivity contribution is -0.0244. The molecule has 0 fully saturated rings. The minimum atomic E-state index is -1.48. The number of halogens is 1. The van der Waals surface area contributed by atoms with Gasteiger partial charge in [0.05, 0.1) is 39.4 Å². The van der Waals surface area contributed by atoms with Gasteiger partial charge in [-0.1, -0.05) is 54.1 Å². The minimum absolute atomic E-state index is 0.0180. The zero-order valence-electron chi connectivity index (χ0n) is 20.5. The summed E-state index contributed by atoms with van der Waals surface area (Å²) in [6.45, 7) is 1.25. The summed E-state index contributed by atoms with van der Waals surface area (Å²) in [4.78, 5) is 22.6. The van der Waals surface area contributed by atoms with Crippen molar-refractivity contribution < 1.29 is 23.6 Å². The van der Waals surface area contributed by atoms with Crippen molar-refractivity contribution >= 4 is 37.1 Å². The SMILES string of the molecule is Nc1nc2c(ncn2CCOCP(OCc2cccc(Cl)c2)OCC(CO)OCc2ccccc2)c(=O)[nH]1. The molecule has 2 heterocycles. The topological polar surface area (TPSA) is 147 Å². The van der Waals surface area contributed by atoms with Gasteiger partial charge >= 0.3 is 0 Å². The van der Waals surface area contributed by atoms with E-state index in [9.17, 15) is 9.90 Å². The molecule has 202 valence electrons. The molecule has 0 aliphatic rings. The molecular weight excluding hydrogens is 533 g/mol. The van der Waals surface area contributed by atoms with Crippen molar-refractivity contribution in [2.45, 2.75) is 25.9 Å². The average Bonchev–Trinajstić information content (AvgIpc) is 3.32. The summed E-state index contributed by atoms with van der Waals surface area (Å²) in [7, 11) is -1.48. The first kappa shape index (κ1) is 28.1. The van der Waals surface area contributed by atoms with Gasteiger partial charge in [0.25, 0.3) is 5.56 Å². The Morgan fingerprint density at radius 2 is 1.92 bits per heavy atom. The summed E-state index contributed by atoms with van der Waals surface area (Å²) in [5, 5.41) is 10.4. The van der Waals surface area contributed by atoms with Crippen LogP contribution in [0.4, 0.5) is 5.95 Å². The smallest absolute Gasteiger partial charge is 0.280 e. The van der Waals surface area contributed by atoms with Gasteiger partial charge in [0.15, 0.2) is 19.5 Å². The molecule has 0 spiro atoms. The van der Waals surface area contributed by atoms with Crippen LogP contribution in [0.3, 0.4) is 0 Å². The van der Waals surface area contributed by atoms with Crippen LogP contribution in [0.25, 0.3) is 11.2 Å². The number of aliphatic hydroxyl groups is 1. The van der Waals surface area contributed by atoms with E-state index in [-0.39, 0.29) is 44.2 Å².